The highest BCUT2D eigenvalue weighted by molar-refractivity contribution is 14.0. The molecule has 1 atom stereocenters. The molecule has 1 unspecified atom stereocenters. The third-order valence-electron chi connectivity index (χ3n) is 5.56. The lowest BCUT2D eigenvalue weighted by atomic mass is 10.0. The summed E-state index contributed by atoms with van der Waals surface area (Å²) in [7, 11) is 3.36. The first kappa shape index (κ1) is 24.3. The second-order valence-electron chi connectivity index (χ2n) is 7.73. The summed E-state index contributed by atoms with van der Waals surface area (Å²) in [4.78, 5) is 6.90. The van der Waals surface area contributed by atoms with Gasteiger partial charge < -0.3 is 25.0 Å². The van der Waals surface area contributed by atoms with Crippen molar-refractivity contribution in [2.45, 2.75) is 38.5 Å². The predicted octanol–water partition coefficient (Wildman–Crippen LogP) is 2.76. The fraction of sp³-hybridized carbons (Fsp3) is 0.667. The van der Waals surface area contributed by atoms with Crippen molar-refractivity contribution in [3.63, 3.8) is 0 Å². The van der Waals surface area contributed by atoms with Gasteiger partial charge in [0, 0.05) is 58.5 Å². The summed E-state index contributed by atoms with van der Waals surface area (Å²) in [6, 6.07) is 5.55. The maximum Gasteiger partial charge on any atom is 0.191 e. The summed E-state index contributed by atoms with van der Waals surface area (Å²) >= 11 is 0. The predicted molar refractivity (Wildman–Crippen MR) is 124 cm³/mol. The molecule has 0 radical (unpaired) electrons. The molecular formula is C21H34FIN4O2. The molecule has 1 aromatic rings. The average molecular weight is 520 g/mol. The van der Waals surface area contributed by atoms with Crippen LogP contribution in [0.5, 0.6) is 0 Å². The lowest BCUT2D eigenvalue weighted by Crippen LogP contribution is -2.49. The van der Waals surface area contributed by atoms with E-state index in [4.69, 9.17) is 9.47 Å². The van der Waals surface area contributed by atoms with Crippen LogP contribution in [0.1, 0.15) is 30.4 Å². The van der Waals surface area contributed by atoms with Gasteiger partial charge in [0.2, 0.25) is 0 Å². The summed E-state index contributed by atoms with van der Waals surface area (Å²) in [6.07, 6.45) is 3.43. The molecule has 8 heteroatoms. The van der Waals surface area contributed by atoms with Crippen molar-refractivity contribution in [3.05, 3.63) is 35.1 Å². The maximum absolute atomic E-state index is 13.7. The molecule has 0 amide bonds. The number of aliphatic imine (C=N–C) groups is 1. The summed E-state index contributed by atoms with van der Waals surface area (Å²) in [6.45, 7) is 6.10. The van der Waals surface area contributed by atoms with E-state index in [2.05, 4.69) is 20.5 Å². The lowest BCUT2D eigenvalue weighted by molar-refractivity contribution is 0.150. The third-order valence-corrected chi connectivity index (χ3v) is 5.56. The quantitative estimate of drug-likeness (QED) is 0.329. The summed E-state index contributed by atoms with van der Waals surface area (Å²) in [5.41, 5.74) is 1.58. The normalized spacial score (nSPS) is 21.1. The monoisotopic (exact) mass is 520 g/mol. The van der Waals surface area contributed by atoms with Gasteiger partial charge in [-0.25, -0.2) is 4.39 Å². The molecule has 2 heterocycles. The van der Waals surface area contributed by atoms with E-state index in [1.54, 1.807) is 20.2 Å². The number of methoxy groups -OCH3 is 1. The molecule has 3 rings (SSSR count). The first-order chi connectivity index (χ1) is 13.7. The summed E-state index contributed by atoms with van der Waals surface area (Å²) in [5.74, 6) is 1.27. The van der Waals surface area contributed by atoms with Crippen molar-refractivity contribution in [2.24, 2.45) is 10.9 Å². The van der Waals surface area contributed by atoms with Crippen molar-refractivity contribution in [3.8, 4) is 0 Å². The highest BCUT2D eigenvalue weighted by Crippen LogP contribution is 2.18. The number of ether oxygens (including phenoxy) is 2. The minimum absolute atomic E-state index is 0. The molecule has 2 fully saturated rings. The van der Waals surface area contributed by atoms with Crippen LogP contribution in [0.2, 0.25) is 0 Å². The van der Waals surface area contributed by atoms with Gasteiger partial charge in [-0.3, -0.25) is 4.99 Å². The molecule has 164 valence electrons. The van der Waals surface area contributed by atoms with Crippen LogP contribution in [0.4, 0.5) is 4.39 Å². The highest BCUT2D eigenvalue weighted by Gasteiger charge is 2.24. The molecule has 0 bridgehead atoms. The molecule has 29 heavy (non-hydrogen) atoms. The van der Waals surface area contributed by atoms with Crippen LogP contribution in [0.3, 0.4) is 0 Å². The second-order valence-corrected chi connectivity index (χ2v) is 7.73. The Hall–Kier alpha value is -0.970. The Morgan fingerprint density at radius 2 is 2.10 bits per heavy atom. The number of hydrogen-bond acceptors (Lipinski definition) is 4. The van der Waals surface area contributed by atoms with E-state index in [1.165, 1.54) is 12.5 Å². The van der Waals surface area contributed by atoms with E-state index < -0.39 is 0 Å². The number of nitrogens with zero attached hydrogens (tertiary/aromatic N) is 2. The first-order valence-electron chi connectivity index (χ1n) is 10.2. The van der Waals surface area contributed by atoms with Crippen molar-refractivity contribution in [1.82, 2.24) is 15.5 Å². The minimum atomic E-state index is -0.232. The van der Waals surface area contributed by atoms with Crippen LogP contribution < -0.4 is 10.6 Å². The van der Waals surface area contributed by atoms with E-state index >= 15 is 0 Å². The first-order valence-corrected chi connectivity index (χ1v) is 10.2. The van der Waals surface area contributed by atoms with Crippen LogP contribution in [0, 0.1) is 11.7 Å². The van der Waals surface area contributed by atoms with Crippen LogP contribution in [0.15, 0.2) is 23.2 Å². The third kappa shape index (κ3) is 7.66. The van der Waals surface area contributed by atoms with Crippen LogP contribution in [0.25, 0.3) is 0 Å². The fourth-order valence-electron chi connectivity index (χ4n) is 3.93. The standard InChI is InChI=1S/C21H33FN4O2.HI/c1-23-21(24-12-16-3-4-20(22)18(11-16)15-27-2)25-19-5-8-26(9-6-19)13-17-7-10-28-14-17;/h3-4,11,17,19H,5-10,12-15H2,1-2H3,(H2,23,24,25);1H. The molecule has 0 aliphatic carbocycles. The van der Waals surface area contributed by atoms with Gasteiger partial charge in [-0.1, -0.05) is 6.07 Å². The van der Waals surface area contributed by atoms with Gasteiger partial charge >= 0.3 is 0 Å². The molecule has 2 aliphatic rings. The Morgan fingerprint density at radius 3 is 2.76 bits per heavy atom. The van der Waals surface area contributed by atoms with E-state index in [9.17, 15) is 4.39 Å². The lowest BCUT2D eigenvalue weighted by Gasteiger charge is -2.34. The summed E-state index contributed by atoms with van der Waals surface area (Å²) < 4.78 is 24.3. The van der Waals surface area contributed by atoms with E-state index in [0.29, 0.717) is 24.1 Å². The molecule has 2 aliphatic heterocycles. The maximum atomic E-state index is 13.7. The Labute approximate surface area is 190 Å². The number of piperidine rings is 1. The number of rotatable bonds is 7. The number of benzene rings is 1. The molecular weight excluding hydrogens is 486 g/mol. The molecule has 0 saturated carbocycles. The van der Waals surface area contributed by atoms with E-state index in [1.807, 2.05) is 6.07 Å². The minimum Gasteiger partial charge on any atom is -0.381 e. The summed E-state index contributed by atoms with van der Waals surface area (Å²) in [5, 5.41) is 6.87. The van der Waals surface area contributed by atoms with Gasteiger partial charge in [0.25, 0.3) is 0 Å². The van der Waals surface area contributed by atoms with Crippen molar-refractivity contribution in [1.29, 1.82) is 0 Å². The number of halogens is 2. The number of guanidine groups is 1. The van der Waals surface area contributed by atoms with Gasteiger partial charge in [0.05, 0.1) is 13.2 Å². The largest absolute Gasteiger partial charge is 0.381 e. The highest BCUT2D eigenvalue weighted by atomic mass is 127. The van der Waals surface area contributed by atoms with E-state index in [-0.39, 0.29) is 36.4 Å². The average Bonchev–Trinajstić information content (AvgIpc) is 3.22. The number of nitrogens with one attached hydrogen (secondary N) is 2. The van der Waals surface area contributed by atoms with Gasteiger partial charge in [-0.15, -0.1) is 24.0 Å². The van der Waals surface area contributed by atoms with Gasteiger partial charge in [-0.2, -0.15) is 0 Å². The van der Waals surface area contributed by atoms with Crippen molar-refractivity contribution < 1.29 is 13.9 Å². The van der Waals surface area contributed by atoms with Crippen LogP contribution in [-0.2, 0) is 22.6 Å². The molecule has 0 spiro atoms. The Morgan fingerprint density at radius 1 is 1.31 bits per heavy atom. The Balaban J connectivity index is 0.00000300. The van der Waals surface area contributed by atoms with Crippen LogP contribution >= 0.6 is 24.0 Å². The van der Waals surface area contributed by atoms with Crippen molar-refractivity contribution >= 4 is 29.9 Å². The molecule has 6 nitrogen and oxygen atoms in total. The Kier molecular flexibility index (Phi) is 10.6. The molecule has 0 aromatic heterocycles. The van der Waals surface area contributed by atoms with Crippen molar-refractivity contribution in [2.75, 3.05) is 47.0 Å². The Bertz CT molecular complexity index is 648. The second kappa shape index (κ2) is 12.7. The topological polar surface area (TPSA) is 58.1 Å². The van der Waals surface area contributed by atoms with Gasteiger partial charge in [-0.05, 0) is 42.9 Å². The fourth-order valence-corrected chi connectivity index (χ4v) is 3.93. The molecule has 2 N–H and O–H groups in total. The van der Waals surface area contributed by atoms with Crippen LogP contribution in [-0.4, -0.2) is 63.9 Å². The number of likely N-dealkylation sites (tertiary alicyclic amines) is 1. The van der Waals surface area contributed by atoms with E-state index in [0.717, 1.165) is 57.2 Å². The van der Waals surface area contributed by atoms with Gasteiger partial charge in [0.15, 0.2) is 5.96 Å². The molecule has 1 aromatic carbocycles. The zero-order valence-corrected chi connectivity index (χ0v) is 19.8. The number of hydrogen-bond donors (Lipinski definition) is 2. The zero-order chi connectivity index (χ0) is 19.8. The zero-order valence-electron chi connectivity index (χ0n) is 17.5. The smallest absolute Gasteiger partial charge is 0.191 e. The SMILES string of the molecule is CN=C(NCc1ccc(F)c(COC)c1)NC1CCN(CC2CCOC2)CC1.I. The van der Waals surface area contributed by atoms with Gasteiger partial charge in [0.1, 0.15) is 5.82 Å². The molecule has 2 saturated heterocycles.